The molecule has 0 fully saturated rings. The minimum atomic E-state index is -3.77. The van der Waals surface area contributed by atoms with Crippen molar-refractivity contribution in [3.05, 3.63) is 63.1 Å². The van der Waals surface area contributed by atoms with Gasteiger partial charge in [-0.15, -0.1) is 0 Å². The molecule has 2 aromatic carbocycles. The molecule has 32 heavy (non-hydrogen) atoms. The van der Waals surface area contributed by atoms with E-state index in [2.05, 4.69) is 23.5 Å². The minimum Gasteiger partial charge on any atom is -0.347 e. The molecule has 0 aliphatic heterocycles. The van der Waals surface area contributed by atoms with Crippen LogP contribution in [0, 0.1) is 0 Å². The highest BCUT2D eigenvalue weighted by molar-refractivity contribution is 7.92. The van der Waals surface area contributed by atoms with Crippen molar-refractivity contribution in [2.24, 2.45) is 0 Å². The smallest absolute Gasteiger partial charge is 0.244 e. The van der Waals surface area contributed by atoms with Gasteiger partial charge in [-0.1, -0.05) is 55.2 Å². The number of nitrogens with zero attached hydrogens (tertiary/aromatic N) is 1. The Morgan fingerprint density at radius 3 is 2.19 bits per heavy atom. The molecule has 0 heterocycles. The van der Waals surface area contributed by atoms with Crippen molar-refractivity contribution in [1.29, 1.82) is 0 Å². The van der Waals surface area contributed by atoms with E-state index in [1.54, 1.807) is 6.92 Å². The molecule has 0 saturated heterocycles. The zero-order valence-corrected chi connectivity index (χ0v) is 21.0. The number of anilines is 1. The summed E-state index contributed by atoms with van der Waals surface area (Å²) >= 11 is 12.2. The molecule has 0 bridgehead atoms. The first-order valence-corrected chi connectivity index (χ1v) is 13.6. The molecule has 2 unspecified atom stereocenters. The van der Waals surface area contributed by atoms with Crippen LogP contribution in [-0.4, -0.2) is 26.6 Å². The number of aryl methyl sites for hydroxylation is 2. The SMILES string of the molecule is CCC(NC(=O)C(CC)N(c1cc(Cl)cc(Cl)c1)S(C)(=O)=O)c1ccc2c(c1)CCCC2. The maximum Gasteiger partial charge on any atom is 0.244 e. The number of hydrogen-bond acceptors (Lipinski definition) is 3. The zero-order valence-electron chi connectivity index (χ0n) is 18.7. The van der Waals surface area contributed by atoms with E-state index >= 15 is 0 Å². The van der Waals surface area contributed by atoms with E-state index in [4.69, 9.17) is 23.2 Å². The Balaban J connectivity index is 1.90. The number of nitrogens with one attached hydrogen (secondary N) is 1. The van der Waals surface area contributed by atoms with Gasteiger partial charge in [-0.3, -0.25) is 9.10 Å². The average molecular weight is 497 g/mol. The predicted octanol–water partition coefficient (Wildman–Crippen LogP) is 5.68. The van der Waals surface area contributed by atoms with Gasteiger partial charge in [0.1, 0.15) is 6.04 Å². The van der Waals surface area contributed by atoms with Crippen LogP contribution in [0.15, 0.2) is 36.4 Å². The molecule has 1 amide bonds. The molecule has 2 atom stereocenters. The lowest BCUT2D eigenvalue weighted by Crippen LogP contribution is -2.50. The summed E-state index contributed by atoms with van der Waals surface area (Å²) in [6.07, 6.45) is 6.63. The molecule has 8 heteroatoms. The number of benzene rings is 2. The lowest BCUT2D eigenvalue weighted by atomic mass is 9.88. The highest BCUT2D eigenvalue weighted by Gasteiger charge is 2.33. The van der Waals surface area contributed by atoms with Gasteiger partial charge in [0.25, 0.3) is 0 Å². The fourth-order valence-corrected chi connectivity index (χ4v) is 6.10. The Bertz CT molecular complexity index is 1070. The number of halogens is 2. The number of sulfonamides is 1. The van der Waals surface area contributed by atoms with E-state index in [0.29, 0.717) is 22.9 Å². The van der Waals surface area contributed by atoms with Crippen LogP contribution in [0.2, 0.25) is 10.0 Å². The Morgan fingerprint density at radius 2 is 1.62 bits per heavy atom. The van der Waals surface area contributed by atoms with Gasteiger partial charge in [0.05, 0.1) is 18.0 Å². The zero-order chi connectivity index (χ0) is 23.5. The largest absolute Gasteiger partial charge is 0.347 e. The van der Waals surface area contributed by atoms with Crippen molar-refractivity contribution in [2.45, 2.75) is 64.5 Å². The van der Waals surface area contributed by atoms with Crippen LogP contribution in [0.5, 0.6) is 0 Å². The first-order valence-electron chi connectivity index (χ1n) is 11.0. The van der Waals surface area contributed by atoms with Gasteiger partial charge in [-0.2, -0.15) is 0 Å². The first-order chi connectivity index (χ1) is 15.1. The van der Waals surface area contributed by atoms with Gasteiger partial charge in [0, 0.05) is 10.0 Å². The second-order valence-corrected chi connectivity index (χ2v) is 11.0. The molecule has 0 aromatic heterocycles. The number of rotatable bonds is 8. The van der Waals surface area contributed by atoms with Crippen LogP contribution in [-0.2, 0) is 27.7 Å². The molecule has 2 aromatic rings. The van der Waals surface area contributed by atoms with Gasteiger partial charge in [-0.05, 0) is 73.4 Å². The summed E-state index contributed by atoms with van der Waals surface area (Å²) in [6, 6.07) is 9.83. The number of hydrogen-bond donors (Lipinski definition) is 1. The van der Waals surface area contributed by atoms with Gasteiger partial charge in [0.2, 0.25) is 15.9 Å². The number of fused-ring (bicyclic) bond motifs is 1. The van der Waals surface area contributed by atoms with Crippen LogP contribution in [0.3, 0.4) is 0 Å². The van der Waals surface area contributed by atoms with E-state index in [-0.39, 0.29) is 17.6 Å². The molecule has 3 rings (SSSR count). The van der Waals surface area contributed by atoms with Gasteiger partial charge < -0.3 is 5.32 Å². The summed E-state index contributed by atoms with van der Waals surface area (Å²) in [6.45, 7) is 3.80. The van der Waals surface area contributed by atoms with Crippen LogP contribution >= 0.6 is 23.2 Å². The molecule has 0 spiro atoms. The molecule has 0 radical (unpaired) electrons. The number of carbonyl (C=O) groups is 1. The van der Waals surface area contributed by atoms with Crippen LogP contribution in [0.25, 0.3) is 0 Å². The summed E-state index contributed by atoms with van der Waals surface area (Å²) in [5.41, 5.74) is 4.05. The first kappa shape index (κ1) is 24.9. The summed E-state index contributed by atoms with van der Waals surface area (Å²) in [4.78, 5) is 13.4. The molecule has 0 saturated carbocycles. The van der Waals surface area contributed by atoms with Crippen molar-refractivity contribution < 1.29 is 13.2 Å². The maximum absolute atomic E-state index is 13.4. The lowest BCUT2D eigenvalue weighted by molar-refractivity contribution is -0.123. The molecule has 5 nitrogen and oxygen atoms in total. The van der Waals surface area contributed by atoms with E-state index in [1.807, 2.05) is 6.92 Å². The summed E-state index contributed by atoms with van der Waals surface area (Å²) in [5.74, 6) is -0.349. The number of amides is 1. The molecular formula is C24H30Cl2N2O3S. The molecule has 1 aliphatic carbocycles. The third-order valence-corrected chi connectivity index (χ3v) is 7.55. The van der Waals surface area contributed by atoms with Crippen molar-refractivity contribution in [1.82, 2.24) is 5.32 Å². The van der Waals surface area contributed by atoms with E-state index in [9.17, 15) is 13.2 Å². The van der Waals surface area contributed by atoms with E-state index < -0.39 is 16.1 Å². The van der Waals surface area contributed by atoms with E-state index in [0.717, 1.165) is 29.0 Å². The second-order valence-electron chi connectivity index (χ2n) is 8.32. The summed E-state index contributed by atoms with van der Waals surface area (Å²) < 4.78 is 26.5. The van der Waals surface area contributed by atoms with E-state index in [1.165, 1.54) is 42.2 Å². The standard InChI is InChI=1S/C24H30Cl2N2O3S/c1-4-22(18-11-10-16-8-6-7-9-17(16)12-18)27-24(29)23(5-2)28(32(3,30)31)21-14-19(25)13-20(26)15-21/h10-15,22-23H,4-9H2,1-3H3,(H,27,29). The van der Waals surface area contributed by atoms with Gasteiger partial charge in [-0.25, -0.2) is 8.42 Å². The highest BCUT2D eigenvalue weighted by atomic mass is 35.5. The van der Waals surface area contributed by atoms with Crippen molar-refractivity contribution in [3.8, 4) is 0 Å². The molecule has 1 aliphatic rings. The predicted molar refractivity (Wildman–Crippen MR) is 132 cm³/mol. The van der Waals surface area contributed by atoms with Gasteiger partial charge in [0.15, 0.2) is 0 Å². The topological polar surface area (TPSA) is 66.5 Å². The third-order valence-electron chi connectivity index (χ3n) is 5.93. The quantitative estimate of drug-likeness (QED) is 0.510. The molecular weight excluding hydrogens is 467 g/mol. The summed E-state index contributed by atoms with van der Waals surface area (Å²) in [5, 5.41) is 3.69. The van der Waals surface area contributed by atoms with Crippen molar-refractivity contribution >= 4 is 44.8 Å². The average Bonchev–Trinajstić information content (AvgIpc) is 2.73. The van der Waals surface area contributed by atoms with Crippen molar-refractivity contribution in [3.63, 3.8) is 0 Å². The van der Waals surface area contributed by atoms with Gasteiger partial charge >= 0.3 is 0 Å². The highest BCUT2D eigenvalue weighted by Crippen LogP contribution is 2.30. The molecule has 174 valence electrons. The Hall–Kier alpha value is -1.76. The van der Waals surface area contributed by atoms with Crippen LogP contribution in [0.1, 0.15) is 62.3 Å². The lowest BCUT2D eigenvalue weighted by Gasteiger charge is -2.32. The Labute approximate surface area is 201 Å². The third kappa shape index (κ3) is 5.77. The van der Waals surface area contributed by atoms with Crippen molar-refractivity contribution in [2.75, 3.05) is 10.6 Å². The number of carbonyl (C=O) groups excluding carboxylic acids is 1. The normalized spacial score (nSPS) is 15.5. The Morgan fingerprint density at radius 1 is 1.00 bits per heavy atom. The monoisotopic (exact) mass is 496 g/mol. The minimum absolute atomic E-state index is 0.201. The molecule has 1 N–H and O–H groups in total. The summed E-state index contributed by atoms with van der Waals surface area (Å²) in [7, 11) is -3.77. The second kappa shape index (κ2) is 10.4. The van der Waals surface area contributed by atoms with Crippen LogP contribution < -0.4 is 9.62 Å². The maximum atomic E-state index is 13.4. The fourth-order valence-electron chi connectivity index (χ4n) is 4.39. The Kier molecular flexibility index (Phi) is 8.12. The fraction of sp³-hybridized carbons (Fsp3) is 0.458. The van der Waals surface area contributed by atoms with Crippen LogP contribution in [0.4, 0.5) is 5.69 Å².